The molecule has 17 heavy (non-hydrogen) atoms. The number of benzene rings is 2. The molecule has 0 amide bonds. The molecule has 2 nitrogen and oxygen atoms in total. The molecule has 0 aliphatic carbocycles. The van der Waals surface area contributed by atoms with Crippen molar-refractivity contribution in [2.45, 2.75) is 20.8 Å². The van der Waals surface area contributed by atoms with Crippen LogP contribution in [0.1, 0.15) is 16.7 Å². The second kappa shape index (κ2) is 4.13. The quantitative estimate of drug-likeness (QED) is 0.781. The molecule has 2 heteroatoms. The Kier molecular flexibility index (Phi) is 2.80. The lowest BCUT2D eigenvalue weighted by atomic mass is 9.97. The Bertz CT molecular complexity index is 548. The molecule has 88 valence electrons. The maximum atomic E-state index is 9.73. The van der Waals surface area contributed by atoms with Gasteiger partial charge in [0.2, 0.25) is 0 Å². The monoisotopic (exact) mass is 228 g/mol. The van der Waals surface area contributed by atoms with Gasteiger partial charge in [0.25, 0.3) is 0 Å². The Morgan fingerprint density at radius 3 is 1.94 bits per heavy atom. The van der Waals surface area contributed by atoms with Gasteiger partial charge in [0.1, 0.15) is 11.5 Å². The lowest BCUT2D eigenvalue weighted by Crippen LogP contribution is -1.86. The Morgan fingerprint density at radius 1 is 0.824 bits per heavy atom. The summed E-state index contributed by atoms with van der Waals surface area (Å²) in [5, 5.41) is 19.5. The Balaban J connectivity index is 2.61. The van der Waals surface area contributed by atoms with Crippen molar-refractivity contribution in [3.63, 3.8) is 0 Å². The van der Waals surface area contributed by atoms with Gasteiger partial charge in [-0.05, 0) is 49.6 Å². The van der Waals surface area contributed by atoms with E-state index in [0.717, 1.165) is 16.7 Å². The summed E-state index contributed by atoms with van der Waals surface area (Å²) in [5.74, 6) is 0.250. The first kappa shape index (κ1) is 11.5. The molecule has 0 aliphatic rings. The largest absolute Gasteiger partial charge is 0.508 e. The van der Waals surface area contributed by atoms with Crippen LogP contribution in [0.2, 0.25) is 0 Å². The van der Waals surface area contributed by atoms with E-state index >= 15 is 0 Å². The maximum absolute atomic E-state index is 9.73. The van der Waals surface area contributed by atoms with Gasteiger partial charge in [0, 0.05) is 5.56 Å². The first-order valence-corrected chi connectivity index (χ1v) is 5.59. The van der Waals surface area contributed by atoms with Crippen LogP contribution in [0.25, 0.3) is 11.1 Å². The lowest BCUT2D eigenvalue weighted by Gasteiger charge is -2.10. The van der Waals surface area contributed by atoms with Crippen LogP contribution in [0.3, 0.4) is 0 Å². The molecule has 0 bridgehead atoms. The van der Waals surface area contributed by atoms with Gasteiger partial charge < -0.3 is 10.2 Å². The van der Waals surface area contributed by atoms with E-state index in [1.165, 1.54) is 5.56 Å². The van der Waals surface area contributed by atoms with Crippen molar-refractivity contribution < 1.29 is 10.2 Å². The third-order valence-corrected chi connectivity index (χ3v) is 3.05. The van der Waals surface area contributed by atoms with Gasteiger partial charge >= 0.3 is 0 Å². The van der Waals surface area contributed by atoms with Gasteiger partial charge in [0.15, 0.2) is 0 Å². The van der Waals surface area contributed by atoms with Crippen LogP contribution in [0, 0.1) is 20.8 Å². The van der Waals surface area contributed by atoms with Crippen molar-refractivity contribution in [1.29, 1.82) is 0 Å². The van der Waals surface area contributed by atoms with Gasteiger partial charge in [-0.2, -0.15) is 0 Å². The number of hydrogen-bond donors (Lipinski definition) is 2. The fourth-order valence-electron chi connectivity index (χ4n) is 1.98. The van der Waals surface area contributed by atoms with E-state index in [-0.39, 0.29) is 11.5 Å². The third kappa shape index (κ3) is 2.11. The molecule has 0 heterocycles. The molecule has 2 aromatic rings. The predicted octanol–water partition coefficient (Wildman–Crippen LogP) is 3.69. The minimum absolute atomic E-state index is 0.125. The molecule has 2 aromatic carbocycles. The molecule has 0 aliphatic heterocycles. The van der Waals surface area contributed by atoms with Crippen molar-refractivity contribution in [3.05, 3.63) is 47.0 Å². The molecule has 0 atom stereocenters. The van der Waals surface area contributed by atoms with Gasteiger partial charge in [-0.3, -0.25) is 0 Å². The fourth-order valence-corrected chi connectivity index (χ4v) is 1.98. The summed E-state index contributed by atoms with van der Waals surface area (Å²) in [6, 6.07) is 9.49. The van der Waals surface area contributed by atoms with Crippen LogP contribution in [-0.2, 0) is 0 Å². The van der Waals surface area contributed by atoms with Crippen LogP contribution in [0.15, 0.2) is 30.3 Å². The molecule has 0 spiro atoms. The molecule has 0 fully saturated rings. The number of aryl methyl sites for hydroxylation is 2. The Morgan fingerprint density at radius 2 is 1.41 bits per heavy atom. The summed E-state index contributed by atoms with van der Waals surface area (Å²) >= 11 is 0. The Labute approximate surface area is 101 Å². The van der Waals surface area contributed by atoms with E-state index in [9.17, 15) is 10.2 Å². The summed E-state index contributed by atoms with van der Waals surface area (Å²) in [4.78, 5) is 0. The molecule has 2 rings (SSSR count). The molecule has 0 aromatic heterocycles. The third-order valence-electron chi connectivity index (χ3n) is 3.05. The van der Waals surface area contributed by atoms with E-state index in [4.69, 9.17) is 0 Å². The number of phenols is 2. The van der Waals surface area contributed by atoms with E-state index in [2.05, 4.69) is 6.07 Å². The lowest BCUT2D eigenvalue weighted by molar-refractivity contribution is 0.443. The van der Waals surface area contributed by atoms with E-state index in [1.54, 1.807) is 19.1 Å². The SMILES string of the molecule is Cc1ccc(-c2cc(O)c(C)c(O)c2)c(C)c1. The highest BCUT2D eigenvalue weighted by atomic mass is 16.3. The highest BCUT2D eigenvalue weighted by molar-refractivity contribution is 5.71. The molecule has 0 unspecified atom stereocenters. The predicted molar refractivity (Wildman–Crippen MR) is 69.4 cm³/mol. The average Bonchev–Trinajstić information content (AvgIpc) is 2.25. The summed E-state index contributed by atoms with van der Waals surface area (Å²) in [6.45, 7) is 5.76. The van der Waals surface area contributed by atoms with Crippen molar-refractivity contribution in [1.82, 2.24) is 0 Å². The summed E-state index contributed by atoms with van der Waals surface area (Å²) in [7, 11) is 0. The van der Waals surface area contributed by atoms with Crippen LogP contribution in [-0.4, -0.2) is 10.2 Å². The average molecular weight is 228 g/mol. The first-order chi connectivity index (χ1) is 7.99. The maximum Gasteiger partial charge on any atom is 0.122 e. The zero-order valence-corrected chi connectivity index (χ0v) is 10.3. The minimum atomic E-state index is 0.125. The van der Waals surface area contributed by atoms with Gasteiger partial charge in [0.05, 0.1) is 0 Å². The molecular formula is C15H16O2. The Hall–Kier alpha value is -1.96. The number of hydrogen-bond acceptors (Lipinski definition) is 2. The molecule has 0 saturated heterocycles. The fraction of sp³-hybridized carbons (Fsp3) is 0.200. The topological polar surface area (TPSA) is 40.5 Å². The van der Waals surface area contributed by atoms with Crippen molar-refractivity contribution in [3.8, 4) is 22.6 Å². The van der Waals surface area contributed by atoms with Crippen LogP contribution in [0.4, 0.5) is 0 Å². The highest BCUT2D eigenvalue weighted by Gasteiger charge is 2.08. The van der Waals surface area contributed by atoms with Crippen LogP contribution < -0.4 is 0 Å². The highest BCUT2D eigenvalue weighted by Crippen LogP contribution is 2.34. The van der Waals surface area contributed by atoms with Crippen molar-refractivity contribution in [2.24, 2.45) is 0 Å². The first-order valence-electron chi connectivity index (χ1n) is 5.59. The van der Waals surface area contributed by atoms with Crippen LogP contribution >= 0.6 is 0 Å². The van der Waals surface area contributed by atoms with Crippen molar-refractivity contribution >= 4 is 0 Å². The standard InChI is InChI=1S/C15H16O2/c1-9-4-5-13(10(2)6-9)12-7-14(16)11(3)15(17)8-12/h4-8,16-17H,1-3H3. The molecule has 2 N–H and O–H groups in total. The van der Waals surface area contributed by atoms with Gasteiger partial charge in [-0.15, -0.1) is 0 Å². The van der Waals surface area contributed by atoms with E-state index < -0.39 is 0 Å². The van der Waals surface area contributed by atoms with Crippen molar-refractivity contribution in [2.75, 3.05) is 0 Å². The summed E-state index contributed by atoms with van der Waals surface area (Å²) in [5.41, 5.74) is 4.71. The zero-order valence-electron chi connectivity index (χ0n) is 10.3. The molecular weight excluding hydrogens is 212 g/mol. The van der Waals surface area contributed by atoms with Crippen LogP contribution in [0.5, 0.6) is 11.5 Å². The van der Waals surface area contributed by atoms with E-state index in [1.807, 2.05) is 26.0 Å². The van der Waals surface area contributed by atoms with Gasteiger partial charge in [-0.25, -0.2) is 0 Å². The summed E-state index contributed by atoms with van der Waals surface area (Å²) in [6.07, 6.45) is 0. The number of phenolic OH excluding ortho intramolecular Hbond substituents is 2. The van der Waals surface area contributed by atoms with Gasteiger partial charge in [-0.1, -0.05) is 23.8 Å². The zero-order chi connectivity index (χ0) is 12.6. The summed E-state index contributed by atoms with van der Waals surface area (Å²) < 4.78 is 0. The number of aromatic hydroxyl groups is 2. The second-order valence-corrected chi connectivity index (χ2v) is 4.46. The minimum Gasteiger partial charge on any atom is -0.508 e. The normalized spacial score (nSPS) is 10.5. The second-order valence-electron chi connectivity index (χ2n) is 4.46. The van der Waals surface area contributed by atoms with E-state index in [0.29, 0.717) is 5.56 Å². The smallest absolute Gasteiger partial charge is 0.122 e. The molecule has 0 saturated carbocycles. The molecule has 0 radical (unpaired) electrons. The number of rotatable bonds is 1.